The molecule has 1 saturated heterocycles. The van der Waals surface area contributed by atoms with Gasteiger partial charge in [-0.15, -0.1) is 0 Å². The second-order valence-corrected chi connectivity index (χ2v) is 9.27. The molecule has 1 fully saturated rings. The van der Waals surface area contributed by atoms with Gasteiger partial charge in [0, 0.05) is 16.3 Å². The van der Waals surface area contributed by atoms with E-state index in [0.717, 1.165) is 5.56 Å². The number of thiocarbonyl (C=S) groups is 1. The van der Waals surface area contributed by atoms with Crippen molar-refractivity contribution in [2.75, 3.05) is 24.4 Å². The van der Waals surface area contributed by atoms with Crippen molar-refractivity contribution in [2.45, 2.75) is 18.7 Å². The minimum Gasteiger partial charge on any atom is -0.495 e. The third-order valence-corrected chi connectivity index (χ3v) is 6.98. The van der Waals surface area contributed by atoms with Crippen LogP contribution in [-0.2, 0) is 4.79 Å². The fourth-order valence-electron chi connectivity index (χ4n) is 4.86. The van der Waals surface area contributed by atoms with Gasteiger partial charge in [0.25, 0.3) is 0 Å². The highest BCUT2D eigenvalue weighted by molar-refractivity contribution is 7.80. The molecule has 2 heterocycles. The fourth-order valence-corrected chi connectivity index (χ4v) is 5.40. The zero-order chi connectivity index (χ0) is 24.7. The monoisotopic (exact) mass is 509 g/mol. The summed E-state index contributed by atoms with van der Waals surface area (Å²) in [5.41, 5.74) is 0.889. The quantitative estimate of drug-likeness (QED) is 0.460. The van der Waals surface area contributed by atoms with Crippen LogP contribution in [0, 0.1) is 5.92 Å². The van der Waals surface area contributed by atoms with E-state index in [1.165, 1.54) is 0 Å². The molecule has 0 aromatic heterocycles. The van der Waals surface area contributed by atoms with Crippen LogP contribution >= 0.6 is 23.8 Å². The Balaban J connectivity index is 1.66. The second kappa shape index (κ2) is 8.94. The summed E-state index contributed by atoms with van der Waals surface area (Å²) in [7, 11) is 3.18. The molecule has 3 aromatic carbocycles. The van der Waals surface area contributed by atoms with Crippen LogP contribution in [0.2, 0.25) is 5.02 Å². The highest BCUT2D eigenvalue weighted by atomic mass is 35.5. The Bertz CT molecular complexity index is 1300. The van der Waals surface area contributed by atoms with E-state index < -0.39 is 17.7 Å². The maximum absolute atomic E-state index is 13.9. The van der Waals surface area contributed by atoms with Gasteiger partial charge >= 0.3 is 0 Å². The standard InChI is InChI=1S/C26H24ClN3O4S/c1-26-21(24(31)28-16-13-11-15(27)12-14-16)22(17-7-6-10-20(33-3)23(17)34-26)29-25(35)30(26)18-8-4-5-9-19(18)32-2/h4-14,21-22H,1-3H3,(H,28,31)(H,29,35)/t21-,22-,26+/m1/s1. The average Bonchev–Trinajstić information content (AvgIpc) is 2.85. The first-order valence-corrected chi connectivity index (χ1v) is 11.8. The maximum atomic E-state index is 13.9. The molecule has 2 bridgehead atoms. The number of nitrogens with one attached hydrogen (secondary N) is 2. The summed E-state index contributed by atoms with van der Waals surface area (Å²) in [5, 5.41) is 7.42. The van der Waals surface area contributed by atoms with Crippen LogP contribution < -0.4 is 29.7 Å². The number of hydrogen-bond donors (Lipinski definition) is 2. The van der Waals surface area contributed by atoms with E-state index in [1.807, 2.05) is 49.4 Å². The first-order chi connectivity index (χ1) is 16.9. The molecule has 35 heavy (non-hydrogen) atoms. The van der Waals surface area contributed by atoms with Crippen molar-refractivity contribution >= 4 is 46.2 Å². The molecule has 0 spiro atoms. The van der Waals surface area contributed by atoms with Gasteiger partial charge in [-0.3, -0.25) is 9.69 Å². The molecule has 7 nitrogen and oxygen atoms in total. The van der Waals surface area contributed by atoms with Crippen molar-refractivity contribution < 1.29 is 19.0 Å². The summed E-state index contributed by atoms with van der Waals surface area (Å²) < 4.78 is 17.9. The Morgan fingerprint density at radius 1 is 1.06 bits per heavy atom. The number of halogens is 1. The van der Waals surface area contributed by atoms with Gasteiger partial charge in [-0.1, -0.05) is 35.9 Å². The van der Waals surface area contributed by atoms with Crippen molar-refractivity contribution in [3.05, 3.63) is 77.3 Å². The Hall–Kier alpha value is -3.49. The minimum absolute atomic E-state index is 0.233. The molecule has 180 valence electrons. The number of nitrogens with zero attached hydrogens (tertiary/aromatic N) is 1. The Morgan fingerprint density at radius 3 is 2.46 bits per heavy atom. The first-order valence-electron chi connectivity index (χ1n) is 11.0. The van der Waals surface area contributed by atoms with Crippen LogP contribution in [0.15, 0.2) is 66.7 Å². The molecule has 3 atom stereocenters. The van der Waals surface area contributed by atoms with E-state index in [4.69, 9.17) is 38.0 Å². The summed E-state index contributed by atoms with van der Waals surface area (Å²) in [6.07, 6.45) is 0. The van der Waals surface area contributed by atoms with Crippen LogP contribution in [0.4, 0.5) is 11.4 Å². The number of ether oxygens (including phenoxy) is 3. The van der Waals surface area contributed by atoms with E-state index in [9.17, 15) is 4.79 Å². The predicted octanol–water partition coefficient (Wildman–Crippen LogP) is 5.16. The lowest BCUT2D eigenvalue weighted by Crippen LogP contribution is -2.72. The van der Waals surface area contributed by atoms with Gasteiger partial charge in [-0.2, -0.15) is 0 Å². The van der Waals surface area contributed by atoms with E-state index in [1.54, 1.807) is 43.4 Å². The molecule has 0 unspecified atom stereocenters. The van der Waals surface area contributed by atoms with E-state index in [0.29, 0.717) is 38.8 Å². The number of rotatable bonds is 5. The lowest BCUT2D eigenvalue weighted by molar-refractivity contribution is -0.130. The number of carbonyl (C=O) groups is 1. The van der Waals surface area contributed by atoms with Gasteiger partial charge < -0.3 is 24.8 Å². The third kappa shape index (κ3) is 3.83. The summed E-state index contributed by atoms with van der Waals surface area (Å²) in [6.45, 7) is 1.86. The van der Waals surface area contributed by atoms with Crippen molar-refractivity contribution in [1.29, 1.82) is 0 Å². The molecule has 0 saturated carbocycles. The third-order valence-electron chi connectivity index (χ3n) is 6.43. The second-order valence-electron chi connectivity index (χ2n) is 8.44. The zero-order valence-corrected chi connectivity index (χ0v) is 20.9. The van der Waals surface area contributed by atoms with Crippen LogP contribution in [0.3, 0.4) is 0 Å². The lowest BCUT2D eigenvalue weighted by atomic mass is 9.78. The molecule has 0 aliphatic carbocycles. The summed E-state index contributed by atoms with van der Waals surface area (Å²) in [4.78, 5) is 15.7. The maximum Gasteiger partial charge on any atom is 0.236 e. The Labute approximate surface area is 213 Å². The summed E-state index contributed by atoms with van der Waals surface area (Å²) in [5.74, 6) is 0.804. The molecular formula is C26H24ClN3O4S. The van der Waals surface area contributed by atoms with Gasteiger partial charge in [0.05, 0.1) is 25.9 Å². The topological polar surface area (TPSA) is 72.1 Å². The first kappa shape index (κ1) is 23.3. The van der Waals surface area contributed by atoms with Crippen LogP contribution in [0.1, 0.15) is 18.5 Å². The average molecular weight is 510 g/mol. The lowest BCUT2D eigenvalue weighted by Gasteiger charge is -2.56. The van der Waals surface area contributed by atoms with E-state index in [2.05, 4.69) is 10.6 Å². The smallest absolute Gasteiger partial charge is 0.236 e. The predicted molar refractivity (Wildman–Crippen MR) is 140 cm³/mol. The van der Waals surface area contributed by atoms with Crippen molar-refractivity contribution in [2.24, 2.45) is 5.92 Å². The minimum atomic E-state index is -1.21. The van der Waals surface area contributed by atoms with E-state index in [-0.39, 0.29) is 5.91 Å². The van der Waals surface area contributed by atoms with Crippen molar-refractivity contribution in [3.63, 3.8) is 0 Å². The molecular weight excluding hydrogens is 486 g/mol. The van der Waals surface area contributed by atoms with Gasteiger partial charge in [0.2, 0.25) is 5.91 Å². The van der Waals surface area contributed by atoms with Gasteiger partial charge in [-0.05, 0) is 61.6 Å². The molecule has 9 heteroatoms. The number of hydrogen-bond acceptors (Lipinski definition) is 5. The number of fused-ring (bicyclic) bond motifs is 4. The van der Waals surface area contributed by atoms with E-state index >= 15 is 0 Å². The number of amides is 1. The van der Waals surface area contributed by atoms with Crippen LogP contribution in [0.25, 0.3) is 0 Å². The van der Waals surface area contributed by atoms with Gasteiger partial charge in [0.1, 0.15) is 11.7 Å². The molecule has 1 amide bonds. The summed E-state index contributed by atoms with van der Waals surface area (Å²) in [6, 6.07) is 19.6. The SMILES string of the molecule is COc1ccccc1N1C(=S)N[C@@H]2c3cccc(OC)c3O[C@@]1(C)[C@H]2C(=O)Nc1ccc(Cl)cc1. The molecule has 2 N–H and O–H groups in total. The number of benzene rings is 3. The largest absolute Gasteiger partial charge is 0.495 e. The highest BCUT2D eigenvalue weighted by Gasteiger charge is 2.60. The van der Waals surface area contributed by atoms with Crippen molar-refractivity contribution in [3.8, 4) is 17.2 Å². The molecule has 5 rings (SSSR count). The number of para-hydroxylation sites is 3. The number of methoxy groups -OCH3 is 2. The summed E-state index contributed by atoms with van der Waals surface area (Å²) >= 11 is 11.8. The Morgan fingerprint density at radius 2 is 1.74 bits per heavy atom. The number of anilines is 2. The fraction of sp³-hybridized carbons (Fsp3) is 0.231. The Kier molecular flexibility index (Phi) is 5.94. The zero-order valence-electron chi connectivity index (χ0n) is 19.4. The molecule has 2 aliphatic rings. The number of carbonyl (C=O) groups excluding carboxylic acids is 1. The van der Waals surface area contributed by atoms with Crippen LogP contribution in [0.5, 0.6) is 17.2 Å². The normalized spacial score (nSPS) is 22.4. The van der Waals surface area contributed by atoms with Crippen molar-refractivity contribution in [1.82, 2.24) is 5.32 Å². The van der Waals surface area contributed by atoms with Crippen LogP contribution in [-0.4, -0.2) is 31.0 Å². The molecule has 2 aliphatic heterocycles. The molecule has 0 radical (unpaired) electrons. The molecule has 3 aromatic rings. The van der Waals surface area contributed by atoms with Gasteiger partial charge in [0.15, 0.2) is 22.3 Å². The highest BCUT2D eigenvalue weighted by Crippen LogP contribution is 2.53. The van der Waals surface area contributed by atoms with Gasteiger partial charge in [-0.25, -0.2) is 0 Å².